The maximum absolute atomic E-state index is 3.03. The van der Waals surface area contributed by atoms with Crippen molar-refractivity contribution in [2.24, 2.45) is 0 Å². The topological polar surface area (TPSA) is 12.0 Å². The molecule has 14 heavy (non-hydrogen) atoms. The average molecular weight is 193 g/mol. The summed E-state index contributed by atoms with van der Waals surface area (Å²) in [6.07, 6.45) is 0. The Labute approximate surface area is 88.5 Å². The minimum Gasteiger partial charge on any atom is -0.318 e. The van der Waals surface area contributed by atoms with Crippen LogP contribution in [-0.4, -0.2) is 13.1 Å². The first-order valence-electron chi connectivity index (χ1n) is 5.30. The molecule has 0 saturated heterocycles. The predicted molar refractivity (Wildman–Crippen MR) is 64.7 cm³/mol. The predicted octanol–water partition coefficient (Wildman–Crippen LogP) is 3.42. The lowest BCUT2D eigenvalue weighted by Gasteiger charge is -2.01. The summed E-state index contributed by atoms with van der Waals surface area (Å²) in [6, 6.07) is 11.2. The fraction of sp³-hybridized carbons (Fsp3) is 0.538. The second-order valence-corrected chi connectivity index (χ2v) is 4.01. The van der Waals surface area contributed by atoms with Crippen molar-refractivity contribution in [3.63, 3.8) is 0 Å². The van der Waals surface area contributed by atoms with Crippen LogP contribution in [0, 0.1) is 0 Å². The molecule has 0 bridgehead atoms. The van der Waals surface area contributed by atoms with Crippen LogP contribution in [0.3, 0.4) is 0 Å². The van der Waals surface area contributed by atoms with Crippen LogP contribution in [-0.2, 0) is 0 Å². The summed E-state index contributed by atoms with van der Waals surface area (Å²) in [5.41, 5.74) is 1.41. The Morgan fingerprint density at radius 3 is 1.57 bits per heavy atom. The molecule has 0 atom stereocenters. The van der Waals surface area contributed by atoms with E-state index in [0.717, 1.165) is 0 Å². The van der Waals surface area contributed by atoms with Gasteiger partial charge in [-0.05, 0) is 18.5 Å². The fourth-order valence-electron chi connectivity index (χ4n) is 0.838. The van der Waals surface area contributed by atoms with E-state index in [0.29, 0.717) is 12.0 Å². The lowest BCUT2D eigenvalue weighted by molar-refractivity contribution is 0.668. The molecule has 1 aromatic carbocycles. The molecule has 0 aliphatic carbocycles. The van der Waals surface area contributed by atoms with E-state index < -0.39 is 0 Å². The molecule has 1 aromatic rings. The molecule has 0 aromatic heterocycles. The summed E-state index contributed by atoms with van der Waals surface area (Å²) in [5, 5.41) is 3.03. The third-order valence-electron chi connectivity index (χ3n) is 2.04. The Morgan fingerprint density at radius 1 is 0.929 bits per heavy atom. The van der Waals surface area contributed by atoms with Gasteiger partial charge in [0, 0.05) is 6.04 Å². The molecule has 0 aliphatic rings. The van der Waals surface area contributed by atoms with Crippen LogP contribution in [0.5, 0.6) is 0 Å². The molecule has 0 amide bonds. The standard InChI is InChI=1S/C9H12.C4H11N/c1-8(2)9-6-4-3-5-7-9;1-4(2)5-3/h3-8H,1-2H3;4-5H,1-3H3. The van der Waals surface area contributed by atoms with Crippen molar-refractivity contribution >= 4 is 0 Å². The van der Waals surface area contributed by atoms with Crippen molar-refractivity contribution in [1.29, 1.82) is 0 Å². The molecule has 0 unspecified atom stereocenters. The molecule has 0 saturated carbocycles. The third kappa shape index (κ3) is 6.67. The number of hydrogen-bond donors (Lipinski definition) is 1. The van der Waals surface area contributed by atoms with Gasteiger partial charge < -0.3 is 5.32 Å². The Hall–Kier alpha value is -0.820. The molecular weight excluding hydrogens is 170 g/mol. The number of benzene rings is 1. The minimum atomic E-state index is 0.634. The van der Waals surface area contributed by atoms with Gasteiger partial charge in [0.2, 0.25) is 0 Å². The smallest absolute Gasteiger partial charge is 0.000733 e. The lowest BCUT2D eigenvalue weighted by atomic mass is 10.0. The maximum atomic E-state index is 3.03. The molecule has 1 heteroatoms. The largest absolute Gasteiger partial charge is 0.318 e. The van der Waals surface area contributed by atoms with Gasteiger partial charge in [-0.1, -0.05) is 58.0 Å². The highest BCUT2D eigenvalue weighted by Gasteiger charge is 1.93. The molecule has 1 N–H and O–H groups in total. The molecule has 0 radical (unpaired) electrons. The van der Waals surface area contributed by atoms with Gasteiger partial charge in [0.15, 0.2) is 0 Å². The van der Waals surface area contributed by atoms with Crippen LogP contribution < -0.4 is 5.32 Å². The van der Waals surface area contributed by atoms with Gasteiger partial charge in [-0.15, -0.1) is 0 Å². The monoisotopic (exact) mass is 193 g/mol. The van der Waals surface area contributed by atoms with Crippen molar-refractivity contribution in [3.05, 3.63) is 35.9 Å². The summed E-state index contributed by atoms with van der Waals surface area (Å²) in [4.78, 5) is 0. The van der Waals surface area contributed by atoms with Crippen LogP contribution >= 0.6 is 0 Å². The lowest BCUT2D eigenvalue weighted by Crippen LogP contribution is -2.15. The highest BCUT2D eigenvalue weighted by Crippen LogP contribution is 2.11. The zero-order valence-electron chi connectivity index (χ0n) is 10.0. The summed E-state index contributed by atoms with van der Waals surface area (Å²) in [6.45, 7) is 8.63. The number of hydrogen-bond acceptors (Lipinski definition) is 1. The SMILES string of the molecule is CC(C)c1ccccc1.CNC(C)C. The summed E-state index contributed by atoms with van der Waals surface area (Å²) in [7, 11) is 1.95. The molecule has 0 spiro atoms. The van der Waals surface area contributed by atoms with E-state index in [9.17, 15) is 0 Å². The van der Waals surface area contributed by atoms with E-state index in [4.69, 9.17) is 0 Å². The van der Waals surface area contributed by atoms with Crippen molar-refractivity contribution in [1.82, 2.24) is 5.32 Å². The van der Waals surface area contributed by atoms with Crippen LogP contribution in [0.25, 0.3) is 0 Å². The van der Waals surface area contributed by atoms with Gasteiger partial charge in [0.1, 0.15) is 0 Å². The van der Waals surface area contributed by atoms with Crippen LogP contribution in [0.4, 0.5) is 0 Å². The van der Waals surface area contributed by atoms with Crippen LogP contribution in [0.2, 0.25) is 0 Å². The quantitative estimate of drug-likeness (QED) is 0.759. The average Bonchev–Trinajstić information content (AvgIpc) is 2.20. The summed E-state index contributed by atoms with van der Waals surface area (Å²) in [5.74, 6) is 0.659. The van der Waals surface area contributed by atoms with E-state index in [-0.39, 0.29) is 0 Å². The van der Waals surface area contributed by atoms with E-state index in [1.807, 2.05) is 13.1 Å². The van der Waals surface area contributed by atoms with Gasteiger partial charge >= 0.3 is 0 Å². The number of rotatable bonds is 2. The summed E-state index contributed by atoms with van der Waals surface area (Å²) < 4.78 is 0. The molecular formula is C13H23N. The van der Waals surface area contributed by atoms with Gasteiger partial charge in [-0.25, -0.2) is 0 Å². The maximum Gasteiger partial charge on any atom is 0.000733 e. The zero-order valence-corrected chi connectivity index (χ0v) is 10.0. The minimum absolute atomic E-state index is 0.634. The first kappa shape index (κ1) is 13.2. The van der Waals surface area contributed by atoms with E-state index in [1.165, 1.54) is 5.56 Å². The van der Waals surface area contributed by atoms with Gasteiger partial charge in [-0.3, -0.25) is 0 Å². The fourth-order valence-corrected chi connectivity index (χ4v) is 0.838. The third-order valence-corrected chi connectivity index (χ3v) is 2.04. The molecule has 0 fully saturated rings. The molecule has 80 valence electrons. The van der Waals surface area contributed by atoms with Crippen LogP contribution in [0.15, 0.2) is 30.3 Å². The van der Waals surface area contributed by atoms with Crippen LogP contribution in [0.1, 0.15) is 39.2 Å². The van der Waals surface area contributed by atoms with E-state index >= 15 is 0 Å². The van der Waals surface area contributed by atoms with E-state index in [1.54, 1.807) is 0 Å². The highest BCUT2D eigenvalue weighted by molar-refractivity contribution is 5.17. The highest BCUT2D eigenvalue weighted by atomic mass is 14.8. The van der Waals surface area contributed by atoms with Crippen molar-refractivity contribution in [2.75, 3.05) is 7.05 Å². The molecule has 0 heterocycles. The van der Waals surface area contributed by atoms with Crippen molar-refractivity contribution < 1.29 is 0 Å². The molecule has 0 aliphatic heterocycles. The van der Waals surface area contributed by atoms with Gasteiger partial charge in [-0.2, -0.15) is 0 Å². The van der Waals surface area contributed by atoms with E-state index in [2.05, 4.69) is 57.3 Å². The number of nitrogens with one attached hydrogen (secondary N) is 1. The van der Waals surface area contributed by atoms with Gasteiger partial charge in [0.05, 0.1) is 0 Å². The first-order valence-corrected chi connectivity index (χ1v) is 5.30. The zero-order chi connectivity index (χ0) is 11.0. The normalized spacial score (nSPS) is 9.93. The molecule has 1 nitrogen and oxygen atoms in total. The first-order chi connectivity index (χ1) is 6.57. The van der Waals surface area contributed by atoms with Crippen molar-refractivity contribution in [3.8, 4) is 0 Å². The summed E-state index contributed by atoms with van der Waals surface area (Å²) >= 11 is 0. The Kier molecular flexibility index (Phi) is 7.13. The second kappa shape index (κ2) is 7.57. The van der Waals surface area contributed by atoms with Gasteiger partial charge in [0.25, 0.3) is 0 Å². The Bertz CT molecular complexity index is 214. The Balaban J connectivity index is 0.000000292. The molecule has 1 rings (SSSR count). The van der Waals surface area contributed by atoms with Crippen molar-refractivity contribution in [2.45, 2.75) is 39.7 Å². The second-order valence-electron chi connectivity index (χ2n) is 4.01. The Morgan fingerprint density at radius 2 is 1.36 bits per heavy atom.